The van der Waals surface area contributed by atoms with E-state index in [0.717, 1.165) is 23.1 Å². The molecule has 0 radical (unpaired) electrons. The number of carbonyl (C=O) groups is 1. The van der Waals surface area contributed by atoms with Crippen molar-refractivity contribution in [2.75, 3.05) is 24.7 Å². The van der Waals surface area contributed by atoms with Gasteiger partial charge < -0.3 is 9.16 Å². The zero-order valence-electron chi connectivity index (χ0n) is 22.3. The third-order valence-electron chi connectivity index (χ3n) is 6.81. The largest absolute Gasteiger partial charge is 0.469 e. The van der Waals surface area contributed by atoms with E-state index in [-0.39, 0.29) is 23.3 Å². The van der Waals surface area contributed by atoms with Crippen molar-refractivity contribution in [2.24, 2.45) is 0 Å². The molecule has 0 spiro atoms. The maximum atomic E-state index is 12.2. The molecule has 194 valence electrons. The highest BCUT2D eigenvalue weighted by Gasteiger charge is 2.37. The van der Waals surface area contributed by atoms with Crippen LogP contribution < -0.4 is 4.31 Å². The molecule has 1 aromatic heterocycles. The summed E-state index contributed by atoms with van der Waals surface area (Å²) in [6, 6.07) is 13.6. The minimum Gasteiger partial charge on any atom is -0.469 e. The number of methoxy groups -OCH3 is 1. The first-order valence-corrected chi connectivity index (χ1v) is 16.6. The molecule has 7 nitrogen and oxygen atoms in total. The minimum atomic E-state index is -3.47. The second kappa shape index (κ2) is 11.7. The van der Waals surface area contributed by atoms with E-state index in [1.807, 2.05) is 36.4 Å². The van der Waals surface area contributed by atoms with E-state index in [1.54, 1.807) is 6.07 Å². The second-order valence-corrected chi connectivity index (χ2v) is 17.4. The third kappa shape index (κ3) is 8.43. The van der Waals surface area contributed by atoms with Crippen LogP contribution in [0.1, 0.15) is 56.4 Å². The molecule has 0 saturated carbocycles. The summed E-state index contributed by atoms with van der Waals surface area (Å²) in [4.78, 5) is 16.7. The minimum absolute atomic E-state index is 0.0336. The maximum absolute atomic E-state index is 12.2. The Labute approximate surface area is 212 Å². The number of nitrogens with zero attached hydrogens (tertiary/aromatic N) is 2. The summed E-state index contributed by atoms with van der Waals surface area (Å²) in [5.74, 6) is 0.0672. The highest BCUT2D eigenvalue weighted by molar-refractivity contribution is 7.92. The Bertz CT molecular complexity index is 1100. The number of aryl methyl sites for hydroxylation is 1. The summed E-state index contributed by atoms with van der Waals surface area (Å²) < 4.78 is 36.9. The predicted octanol–water partition coefficient (Wildman–Crippen LogP) is 5.28. The van der Waals surface area contributed by atoms with Crippen LogP contribution in [0.2, 0.25) is 18.1 Å². The molecule has 0 saturated heterocycles. The van der Waals surface area contributed by atoms with Crippen molar-refractivity contribution in [1.29, 1.82) is 0 Å². The lowest BCUT2D eigenvalue weighted by Gasteiger charge is -2.36. The van der Waals surface area contributed by atoms with Crippen molar-refractivity contribution < 1.29 is 22.4 Å². The molecule has 1 heterocycles. The number of hydrogen-bond acceptors (Lipinski definition) is 6. The molecule has 9 heteroatoms. The van der Waals surface area contributed by atoms with E-state index in [1.165, 1.54) is 18.5 Å². The summed E-state index contributed by atoms with van der Waals surface area (Å²) in [5.41, 5.74) is 2.70. The average Bonchev–Trinajstić information content (AvgIpc) is 2.78. The van der Waals surface area contributed by atoms with Crippen LogP contribution in [-0.2, 0) is 37.0 Å². The van der Waals surface area contributed by atoms with E-state index in [0.29, 0.717) is 25.3 Å². The molecule has 0 aliphatic rings. The molecule has 0 bridgehead atoms. The Kier molecular flexibility index (Phi) is 9.67. The van der Waals surface area contributed by atoms with Crippen LogP contribution >= 0.6 is 0 Å². The van der Waals surface area contributed by atoms with E-state index in [2.05, 4.69) is 38.8 Å². The number of sulfonamides is 1. The molecular weight excluding hydrogens is 480 g/mol. The van der Waals surface area contributed by atoms with Gasteiger partial charge in [-0.3, -0.25) is 9.10 Å². The Balaban J connectivity index is 2.34. The number of aromatic nitrogens is 1. The van der Waals surface area contributed by atoms with E-state index < -0.39 is 18.3 Å². The molecule has 2 rings (SSSR count). The Morgan fingerprint density at radius 2 is 1.77 bits per heavy atom. The lowest BCUT2D eigenvalue weighted by Crippen LogP contribution is -2.40. The quantitative estimate of drug-likeness (QED) is 0.296. The number of anilines is 1. The summed E-state index contributed by atoms with van der Waals surface area (Å²) in [6.07, 6.45) is 2.68. The Morgan fingerprint density at radius 1 is 1.14 bits per heavy atom. The smallest absolute Gasteiger partial charge is 0.306 e. The first kappa shape index (κ1) is 29.0. The molecule has 1 unspecified atom stereocenters. The first-order valence-electron chi connectivity index (χ1n) is 11.8. The van der Waals surface area contributed by atoms with Gasteiger partial charge in [0.05, 0.1) is 26.4 Å². The molecule has 1 aromatic carbocycles. The van der Waals surface area contributed by atoms with E-state index >= 15 is 0 Å². The van der Waals surface area contributed by atoms with Gasteiger partial charge in [-0.25, -0.2) is 13.4 Å². The molecule has 2 aromatic rings. The number of esters is 1. The fourth-order valence-corrected chi connectivity index (χ4v) is 4.77. The number of benzene rings is 1. The highest BCUT2D eigenvalue weighted by Crippen LogP contribution is 2.37. The van der Waals surface area contributed by atoms with Gasteiger partial charge in [-0.15, -0.1) is 0 Å². The van der Waals surface area contributed by atoms with Crippen LogP contribution in [0.3, 0.4) is 0 Å². The van der Waals surface area contributed by atoms with Gasteiger partial charge in [-0.2, -0.15) is 0 Å². The van der Waals surface area contributed by atoms with Gasteiger partial charge in [0.25, 0.3) is 0 Å². The molecule has 0 amide bonds. The van der Waals surface area contributed by atoms with E-state index in [4.69, 9.17) is 9.16 Å². The van der Waals surface area contributed by atoms with Gasteiger partial charge in [0, 0.05) is 12.7 Å². The standard InChI is InChI=1S/C26H40N2O5SSi/c1-26(2,3)35(7,8)33-19-20-16-23(27-24(17-20)28(4)34(6,30)31)15-14-22(18-25(29)32-5)21-12-10-9-11-13-21/h9-13,16-17,22H,14-15,18-19H2,1-8H3. The zero-order chi connectivity index (χ0) is 26.4. The number of carbonyl (C=O) groups excluding carboxylic acids is 1. The lowest BCUT2D eigenvalue weighted by molar-refractivity contribution is -0.141. The third-order valence-corrected chi connectivity index (χ3v) is 12.5. The Morgan fingerprint density at radius 3 is 2.31 bits per heavy atom. The van der Waals surface area contributed by atoms with Crippen LogP contribution in [0.25, 0.3) is 0 Å². The van der Waals surface area contributed by atoms with Crippen molar-refractivity contribution in [3.8, 4) is 0 Å². The molecule has 0 aliphatic heterocycles. The maximum Gasteiger partial charge on any atom is 0.306 e. The highest BCUT2D eigenvalue weighted by atomic mass is 32.2. The molecule has 35 heavy (non-hydrogen) atoms. The SMILES string of the molecule is COC(=O)CC(CCc1cc(CO[Si](C)(C)C(C)(C)C)cc(N(C)S(C)(=O)=O)n1)c1ccccc1. The van der Waals surface area contributed by atoms with Gasteiger partial charge in [-0.1, -0.05) is 51.1 Å². The monoisotopic (exact) mass is 520 g/mol. The van der Waals surface area contributed by atoms with Gasteiger partial charge in [-0.05, 0) is 60.2 Å². The van der Waals surface area contributed by atoms with Crippen LogP contribution in [-0.4, -0.2) is 48.1 Å². The van der Waals surface area contributed by atoms with Crippen molar-refractivity contribution in [3.05, 3.63) is 59.3 Å². The molecular formula is C26H40N2O5SSi. The van der Waals surface area contributed by atoms with Crippen molar-refractivity contribution in [3.63, 3.8) is 0 Å². The van der Waals surface area contributed by atoms with Crippen molar-refractivity contribution >= 4 is 30.1 Å². The number of pyridine rings is 1. The summed E-state index contributed by atoms with van der Waals surface area (Å²) in [5, 5.41) is 0.0615. The number of hydrogen-bond donors (Lipinski definition) is 0. The number of ether oxygens (including phenoxy) is 1. The number of rotatable bonds is 11. The van der Waals surface area contributed by atoms with Gasteiger partial charge in [0.15, 0.2) is 8.32 Å². The summed E-state index contributed by atoms with van der Waals surface area (Å²) in [6.45, 7) is 11.3. The summed E-state index contributed by atoms with van der Waals surface area (Å²) >= 11 is 0. The lowest BCUT2D eigenvalue weighted by atomic mass is 9.90. The fraction of sp³-hybridized carbons (Fsp3) is 0.538. The molecule has 0 aliphatic carbocycles. The first-order chi connectivity index (χ1) is 16.1. The van der Waals surface area contributed by atoms with Crippen LogP contribution in [0.4, 0.5) is 5.82 Å². The zero-order valence-corrected chi connectivity index (χ0v) is 24.1. The van der Waals surface area contributed by atoms with Crippen LogP contribution in [0.5, 0.6) is 0 Å². The van der Waals surface area contributed by atoms with Crippen molar-refractivity contribution in [1.82, 2.24) is 4.98 Å². The van der Waals surface area contributed by atoms with Gasteiger partial charge in [0.1, 0.15) is 5.82 Å². The molecule has 0 N–H and O–H groups in total. The topological polar surface area (TPSA) is 85.8 Å². The van der Waals surface area contributed by atoms with Gasteiger partial charge >= 0.3 is 5.97 Å². The molecule has 0 fully saturated rings. The van der Waals surface area contributed by atoms with Crippen LogP contribution in [0.15, 0.2) is 42.5 Å². The fourth-order valence-electron chi connectivity index (χ4n) is 3.37. The summed E-state index contributed by atoms with van der Waals surface area (Å²) in [7, 11) is -2.57. The molecule has 1 atom stereocenters. The Hall–Kier alpha value is -2.23. The van der Waals surface area contributed by atoms with Crippen LogP contribution in [0, 0.1) is 0 Å². The predicted molar refractivity (Wildman–Crippen MR) is 144 cm³/mol. The second-order valence-electron chi connectivity index (χ2n) is 10.5. The van der Waals surface area contributed by atoms with Gasteiger partial charge in [0.2, 0.25) is 10.0 Å². The normalized spacial score (nSPS) is 13.4. The van der Waals surface area contributed by atoms with Crippen molar-refractivity contribution in [2.45, 2.75) is 70.7 Å². The average molecular weight is 521 g/mol. The van der Waals surface area contributed by atoms with E-state index in [9.17, 15) is 13.2 Å².